The van der Waals surface area contributed by atoms with E-state index in [0.717, 1.165) is 69.5 Å². The van der Waals surface area contributed by atoms with E-state index in [1.807, 2.05) is 11.3 Å². The molecule has 380 valence electrons. The second-order valence-electron chi connectivity index (χ2n) is 20.6. The molecule has 0 spiro atoms. The van der Waals surface area contributed by atoms with Crippen molar-refractivity contribution in [3.05, 3.63) is 83.2 Å². The Bertz CT molecular complexity index is 2390. The molecule has 0 unspecified atom stereocenters. The van der Waals surface area contributed by atoms with Crippen LogP contribution in [0.5, 0.6) is 11.5 Å². The van der Waals surface area contributed by atoms with E-state index >= 15 is 0 Å². The van der Waals surface area contributed by atoms with E-state index in [1.165, 1.54) is 213 Å². The van der Waals surface area contributed by atoms with Crippen LogP contribution in [-0.2, 0) is 5.41 Å². The van der Waals surface area contributed by atoms with Crippen molar-refractivity contribution in [1.82, 2.24) is 8.75 Å². The van der Waals surface area contributed by atoms with Crippen molar-refractivity contribution in [1.29, 1.82) is 0 Å². The van der Waals surface area contributed by atoms with E-state index in [-0.39, 0.29) is 5.41 Å². The van der Waals surface area contributed by atoms with Gasteiger partial charge in [-0.25, -0.2) is 0 Å². The maximum Gasteiger partial charge on any atom is 0.138 e. The molecule has 0 aliphatic heterocycles. The van der Waals surface area contributed by atoms with E-state index < -0.39 is 0 Å². The highest BCUT2D eigenvalue weighted by Crippen LogP contribution is 2.56. The standard InChI is InChI=1S/C63H88N2O2S3/c1-5-9-13-17-21-23-27-33-44-66-56-41-46-68-61(56)52-39-40-53(60-59(52)64-70-65-60)62-57(67-45-34-28-24-22-18-14-10-6-2)48-58(69-62)49-37-38-51-50-35-29-30-36-54(50)63(55(51)47-49,42-31-25-19-15-11-7-3)43-32-26-20-16-12-8-4/h29-30,35-41,46-48H,5-28,31-34,42-45H2,1-4H3. The lowest BCUT2D eigenvalue weighted by atomic mass is 9.70. The van der Waals surface area contributed by atoms with Crippen LogP contribution in [-0.4, -0.2) is 22.0 Å². The Morgan fingerprint density at radius 1 is 0.429 bits per heavy atom. The zero-order valence-corrected chi connectivity index (χ0v) is 46.4. The van der Waals surface area contributed by atoms with E-state index in [9.17, 15) is 0 Å². The molecule has 3 aromatic carbocycles. The van der Waals surface area contributed by atoms with Gasteiger partial charge in [0.05, 0.1) is 34.7 Å². The predicted octanol–water partition coefficient (Wildman–Crippen LogP) is 21.6. The van der Waals surface area contributed by atoms with Crippen LogP contribution in [0.25, 0.3) is 53.5 Å². The van der Waals surface area contributed by atoms with E-state index in [0.29, 0.717) is 0 Å². The van der Waals surface area contributed by atoms with Crippen molar-refractivity contribution in [3.63, 3.8) is 0 Å². The average Bonchev–Trinajstić information content (AvgIpc) is 4.21. The Morgan fingerprint density at radius 2 is 0.900 bits per heavy atom. The van der Waals surface area contributed by atoms with Crippen molar-refractivity contribution >= 4 is 45.4 Å². The summed E-state index contributed by atoms with van der Waals surface area (Å²) in [5.74, 6) is 1.94. The second-order valence-corrected chi connectivity index (χ2v) is 23.1. The molecule has 0 amide bonds. The molecule has 1 aliphatic carbocycles. The number of benzene rings is 3. The fraction of sp³-hybridized carbons (Fsp3) is 0.587. The van der Waals surface area contributed by atoms with Crippen LogP contribution in [0.15, 0.2) is 72.1 Å². The first-order valence-electron chi connectivity index (χ1n) is 28.6. The van der Waals surface area contributed by atoms with E-state index in [1.54, 1.807) is 22.5 Å². The number of hydrogen-bond donors (Lipinski definition) is 0. The highest BCUT2D eigenvalue weighted by molar-refractivity contribution is 7.19. The summed E-state index contributed by atoms with van der Waals surface area (Å²) in [6.07, 6.45) is 39.0. The van der Waals surface area contributed by atoms with Crippen LogP contribution in [0.4, 0.5) is 0 Å². The van der Waals surface area contributed by atoms with Crippen LogP contribution in [0.1, 0.15) is 231 Å². The highest BCUT2D eigenvalue weighted by Gasteiger charge is 2.42. The van der Waals surface area contributed by atoms with E-state index in [2.05, 4.69) is 99.8 Å². The third-order valence-electron chi connectivity index (χ3n) is 15.2. The van der Waals surface area contributed by atoms with Gasteiger partial charge >= 0.3 is 0 Å². The van der Waals surface area contributed by atoms with Gasteiger partial charge in [0.2, 0.25) is 0 Å². The van der Waals surface area contributed by atoms with Gasteiger partial charge in [-0.15, -0.1) is 22.7 Å². The zero-order chi connectivity index (χ0) is 48.6. The lowest BCUT2D eigenvalue weighted by molar-refractivity contribution is 0.306. The third-order valence-corrected chi connectivity index (χ3v) is 17.9. The van der Waals surface area contributed by atoms with Crippen LogP contribution in [0.2, 0.25) is 0 Å². The van der Waals surface area contributed by atoms with Gasteiger partial charge in [-0.3, -0.25) is 0 Å². The maximum atomic E-state index is 6.90. The predicted molar refractivity (Wildman–Crippen MR) is 308 cm³/mol. The fourth-order valence-electron chi connectivity index (χ4n) is 11.2. The largest absolute Gasteiger partial charge is 0.492 e. The number of ether oxygens (including phenoxy) is 2. The summed E-state index contributed by atoms with van der Waals surface area (Å²) in [6.45, 7) is 10.7. The Kier molecular flexibility index (Phi) is 23.1. The Labute approximate surface area is 437 Å². The van der Waals surface area contributed by atoms with Gasteiger partial charge in [-0.05, 0) is 77.1 Å². The first kappa shape index (κ1) is 54.3. The number of thiophene rings is 2. The monoisotopic (exact) mass is 1000 g/mol. The smallest absolute Gasteiger partial charge is 0.138 e. The van der Waals surface area contributed by atoms with Gasteiger partial charge in [0.25, 0.3) is 0 Å². The lowest BCUT2D eigenvalue weighted by Gasteiger charge is -2.33. The molecule has 3 aromatic heterocycles. The van der Waals surface area contributed by atoms with Gasteiger partial charge in [-0.1, -0.05) is 243 Å². The summed E-state index contributed by atoms with van der Waals surface area (Å²) in [7, 11) is 0. The molecule has 6 aromatic rings. The van der Waals surface area contributed by atoms with Gasteiger partial charge < -0.3 is 9.47 Å². The fourth-order valence-corrected chi connectivity index (χ4v) is 13.7. The zero-order valence-electron chi connectivity index (χ0n) is 44.0. The third kappa shape index (κ3) is 14.6. The van der Waals surface area contributed by atoms with Crippen LogP contribution < -0.4 is 9.47 Å². The number of hydrogen-bond acceptors (Lipinski definition) is 7. The minimum Gasteiger partial charge on any atom is -0.492 e. The molecule has 7 heteroatoms. The molecular weight excluding hydrogens is 913 g/mol. The normalized spacial score (nSPS) is 12.8. The molecular formula is C63H88N2O2S3. The summed E-state index contributed by atoms with van der Waals surface area (Å²) >= 11 is 4.93. The number of aromatic nitrogens is 2. The van der Waals surface area contributed by atoms with Gasteiger partial charge in [0.1, 0.15) is 22.5 Å². The molecule has 0 fully saturated rings. The van der Waals surface area contributed by atoms with E-state index in [4.69, 9.17) is 18.2 Å². The molecule has 4 nitrogen and oxygen atoms in total. The number of rotatable bonds is 37. The molecule has 70 heavy (non-hydrogen) atoms. The molecule has 0 atom stereocenters. The minimum atomic E-state index is 0.0416. The molecule has 3 heterocycles. The summed E-state index contributed by atoms with van der Waals surface area (Å²) in [5, 5.41) is 2.16. The van der Waals surface area contributed by atoms with Crippen molar-refractivity contribution < 1.29 is 9.47 Å². The molecule has 0 N–H and O–H groups in total. The summed E-state index contributed by atoms with van der Waals surface area (Å²) < 4.78 is 23.4. The summed E-state index contributed by atoms with van der Waals surface area (Å²) in [6, 6.07) is 25.9. The van der Waals surface area contributed by atoms with Crippen molar-refractivity contribution in [2.24, 2.45) is 0 Å². The molecule has 7 rings (SSSR count). The van der Waals surface area contributed by atoms with Gasteiger partial charge in [0.15, 0.2) is 0 Å². The van der Waals surface area contributed by atoms with Crippen molar-refractivity contribution in [3.8, 4) is 53.9 Å². The van der Waals surface area contributed by atoms with Gasteiger partial charge in [0, 0.05) is 21.4 Å². The summed E-state index contributed by atoms with van der Waals surface area (Å²) in [4.78, 5) is 3.57. The van der Waals surface area contributed by atoms with Crippen LogP contribution in [0, 0.1) is 0 Å². The highest BCUT2D eigenvalue weighted by atomic mass is 32.1. The molecule has 0 bridgehead atoms. The van der Waals surface area contributed by atoms with Gasteiger partial charge in [-0.2, -0.15) is 8.75 Å². The Hall–Kier alpha value is -3.52. The molecule has 1 aliphatic rings. The Morgan fingerprint density at radius 3 is 1.47 bits per heavy atom. The quantitative estimate of drug-likeness (QED) is 0.0365. The molecule has 0 saturated carbocycles. The second kappa shape index (κ2) is 29.9. The average molecular weight is 1000 g/mol. The SMILES string of the molecule is CCCCCCCCCCOc1ccsc1-c1ccc(-c2sc(-c3ccc4c(c3)C(CCCCCCCC)(CCCCCCCC)c3ccccc3-4)cc2OCCCCCCCCCC)c2nsnc12. The number of unbranched alkanes of at least 4 members (excludes halogenated alkanes) is 24. The first-order chi connectivity index (χ1) is 34.6. The number of nitrogens with zero attached hydrogens (tertiary/aromatic N) is 2. The Balaban J connectivity index is 1.17. The molecule has 0 radical (unpaired) electrons. The minimum absolute atomic E-state index is 0.0416. The van der Waals surface area contributed by atoms with Crippen LogP contribution in [0.3, 0.4) is 0 Å². The first-order valence-corrected chi connectivity index (χ1v) is 31.0. The number of fused-ring (bicyclic) bond motifs is 4. The topological polar surface area (TPSA) is 44.2 Å². The lowest BCUT2D eigenvalue weighted by Crippen LogP contribution is -2.25. The van der Waals surface area contributed by atoms with Crippen LogP contribution >= 0.6 is 34.4 Å². The van der Waals surface area contributed by atoms with Crippen molar-refractivity contribution in [2.45, 2.75) is 226 Å². The molecule has 0 saturated heterocycles. The van der Waals surface area contributed by atoms with Crippen molar-refractivity contribution in [2.75, 3.05) is 13.2 Å². The summed E-state index contributed by atoms with van der Waals surface area (Å²) in [5.41, 5.74) is 11.5. The maximum absolute atomic E-state index is 6.90.